The third-order valence-electron chi connectivity index (χ3n) is 2.30. The molecule has 2 N–H and O–H groups in total. The van der Waals surface area contributed by atoms with Crippen molar-refractivity contribution in [2.45, 2.75) is 0 Å². The van der Waals surface area contributed by atoms with Crippen molar-refractivity contribution in [1.29, 1.82) is 0 Å². The van der Waals surface area contributed by atoms with Crippen molar-refractivity contribution in [3.05, 3.63) is 39.7 Å². The monoisotopic (exact) mass is 329 g/mol. The SMILES string of the molecule is COC(=O)c1scnc1NSCNc1ccc(Cl)cc1. The summed E-state index contributed by atoms with van der Waals surface area (Å²) in [6, 6.07) is 7.42. The Morgan fingerprint density at radius 3 is 2.90 bits per heavy atom. The minimum absolute atomic E-state index is 0.388. The molecule has 0 spiro atoms. The highest BCUT2D eigenvalue weighted by molar-refractivity contribution is 8.00. The molecule has 0 amide bonds. The van der Waals surface area contributed by atoms with E-state index < -0.39 is 0 Å². The van der Waals surface area contributed by atoms with Gasteiger partial charge < -0.3 is 14.8 Å². The smallest absolute Gasteiger partial charge is 0.351 e. The van der Waals surface area contributed by atoms with E-state index in [4.69, 9.17) is 11.6 Å². The van der Waals surface area contributed by atoms with Gasteiger partial charge in [0.15, 0.2) is 10.7 Å². The number of nitrogens with zero attached hydrogens (tertiary/aromatic N) is 1. The highest BCUT2D eigenvalue weighted by atomic mass is 35.5. The largest absolute Gasteiger partial charge is 0.465 e. The van der Waals surface area contributed by atoms with Gasteiger partial charge in [-0.05, 0) is 36.2 Å². The summed E-state index contributed by atoms with van der Waals surface area (Å²) in [5, 5.41) is 3.90. The van der Waals surface area contributed by atoms with Crippen molar-refractivity contribution >= 4 is 52.4 Å². The van der Waals surface area contributed by atoms with E-state index in [0.29, 0.717) is 21.6 Å². The first-order valence-electron chi connectivity index (χ1n) is 5.59. The maximum atomic E-state index is 11.5. The molecule has 0 aliphatic rings. The minimum atomic E-state index is -0.388. The fourth-order valence-corrected chi connectivity index (χ4v) is 2.80. The van der Waals surface area contributed by atoms with Crippen molar-refractivity contribution in [2.24, 2.45) is 0 Å². The Morgan fingerprint density at radius 2 is 2.20 bits per heavy atom. The first-order valence-corrected chi connectivity index (χ1v) is 7.84. The van der Waals surface area contributed by atoms with Gasteiger partial charge in [-0.2, -0.15) is 0 Å². The number of nitrogens with one attached hydrogen (secondary N) is 2. The molecular weight excluding hydrogens is 318 g/mol. The van der Waals surface area contributed by atoms with Crippen LogP contribution in [0.5, 0.6) is 0 Å². The van der Waals surface area contributed by atoms with Gasteiger partial charge in [0.2, 0.25) is 0 Å². The van der Waals surface area contributed by atoms with Crippen LogP contribution < -0.4 is 10.0 Å². The second-order valence-electron chi connectivity index (χ2n) is 3.60. The fourth-order valence-electron chi connectivity index (χ4n) is 1.35. The molecule has 1 aromatic heterocycles. The van der Waals surface area contributed by atoms with Crippen LogP contribution in [-0.4, -0.2) is 23.9 Å². The van der Waals surface area contributed by atoms with E-state index >= 15 is 0 Å². The Labute approximate surface area is 129 Å². The molecule has 106 valence electrons. The molecule has 1 aromatic carbocycles. The van der Waals surface area contributed by atoms with Gasteiger partial charge in [-0.25, -0.2) is 9.78 Å². The van der Waals surface area contributed by atoms with Crippen LogP contribution >= 0.6 is 34.9 Å². The molecule has 0 aliphatic heterocycles. The molecule has 0 aliphatic carbocycles. The van der Waals surface area contributed by atoms with Gasteiger partial charge in [0.25, 0.3) is 0 Å². The fraction of sp³-hybridized carbons (Fsp3) is 0.167. The van der Waals surface area contributed by atoms with Crippen LogP contribution in [0.25, 0.3) is 0 Å². The van der Waals surface area contributed by atoms with Crippen LogP contribution in [0.2, 0.25) is 5.02 Å². The molecule has 0 unspecified atom stereocenters. The molecule has 20 heavy (non-hydrogen) atoms. The maximum Gasteiger partial charge on any atom is 0.351 e. The number of methoxy groups -OCH3 is 1. The number of ether oxygens (including phenoxy) is 1. The number of hydrogen-bond acceptors (Lipinski definition) is 7. The van der Waals surface area contributed by atoms with Gasteiger partial charge in [-0.15, -0.1) is 11.3 Å². The van der Waals surface area contributed by atoms with Gasteiger partial charge in [0.1, 0.15) is 0 Å². The number of aromatic nitrogens is 1. The van der Waals surface area contributed by atoms with Crippen LogP contribution in [0.3, 0.4) is 0 Å². The van der Waals surface area contributed by atoms with Crippen LogP contribution in [0.1, 0.15) is 9.67 Å². The van der Waals surface area contributed by atoms with E-state index in [-0.39, 0.29) is 5.97 Å². The molecule has 0 saturated heterocycles. The predicted octanol–water partition coefficient (Wildman–Crippen LogP) is 3.71. The van der Waals surface area contributed by atoms with Gasteiger partial charge in [-0.1, -0.05) is 11.6 Å². The van der Waals surface area contributed by atoms with E-state index in [1.165, 1.54) is 30.4 Å². The number of hydrogen-bond donors (Lipinski definition) is 2. The number of thiazole rings is 1. The summed E-state index contributed by atoms with van der Waals surface area (Å²) in [5.41, 5.74) is 2.57. The number of halogens is 1. The number of anilines is 2. The zero-order chi connectivity index (χ0) is 14.4. The number of esters is 1. The lowest BCUT2D eigenvalue weighted by Crippen LogP contribution is -2.04. The molecule has 2 aromatic rings. The highest BCUT2D eigenvalue weighted by Gasteiger charge is 2.14. The first-order chi connectivity index (χ1) is 9.70. The van der Waals surface area contributed by atoms with Crippen molar-refractivity contribution in [2.75, 3.05) is 23.0 Å². The Morgan fingerprint density at radius 1 is 1.45 bits per heavy atom. The Balaban J connectivity index is 1.80. The average molecular weight is 330 g/mol. The molecular formula is C12H12ClN3O2S2. The molecule has 0 radical (unpaired) electrons. The molecule has 0 atom stereocenters. The molecule has 2 rings (SSSR count). The van der Waals surface area contributed by atoms with Crippen molar-refractivity contribution in [3.8, 4) is 0 Å². The highest BCUT2D eigenvalue weighted by Crippen LogP contribution is 2.22. The Bertz CT molecular complexity index is 574. The van der Waals surface area contributed by atoms with Gasteiger partial charge >= 0.3 is 5.97 Å². The van der Waals surface area contributed by atoms with Gasteiger partial charge in [0, 0.05) is 10.7 Å². The van der Waals surface area contributed by atoms with E-state index in [1.807, 2.05) is 24.3 Å². The zero-order valence-corrected chi connectivity index (χ0v) is 12.9. The lowest BCUT2D eigenvalue weighted by molar-refractivity contribution is 0.0607. The standard InChI is InChI=1S/C12H12ClN3O2S2/c1-18-12(17)10-11(15-6-19-10)16-20-7-14-9-4-2-8(13)3-5-9/h2-6,14,16H,7H2,1H3. The molecule has 0 saturated carbocycles. The summed E-state index contributed by atoms with van der Waals surface area (Å²) in [5.74, 6) is 0.741. The van der Waals surface area contributed by atoms with E-state index in [0.717, 1.165) is 5.69 Å². The second-order valence-corrected chi connectivity index (χ2v) is 5.67. The quantitative estimate of drug-likeness (QED) is 0.364. The normalized spacial score (nSPS) is 10.1. The van der Waals surface area contributed by atoms with Gasteiger partial charge in [-0.3, -0.25) is 0 Å². The lowest BCUT2D eigenvalue weighted by atomic mass is 10.3. The van der Waals surface area contributed by atoms with Crippen molar-refractivity contribution in [3.63, 3.8) is 0 Å². The summed E-state index contributed by atoms with van der Waals surface area (Å²) in [7, 11) is 1.35. The summed E-state index contributed by atoms with van der Waals surface area (Å²) in [6.45, 7) is 0. The lowest BCUT2D eigenvalue weighted by Gasteiger charge is -2.07. The van der Waals surface area contributed by atoms with Crippen molar-refractivity contribution in [1.82, 2.24) is 4.98 Å². The Hall–Kier alpha value is -1.44. The third kappa shape index (κ3) is 4.03. The third-order valence-corrected chi connectivity index (χ3v) is 3.98. The summed E-state index contributed by atoms with van der Waals surface area (Å²) >= 11 is 8.44. The number of carbonyl (C=O) groups is 1. The molecule has 1 heterocycles. The van der Waals surface area contributed by atoms with Gasteiger partial charge in [0.05, 0.1) is 18.5 Å². The second kappa shape index (κ2) is 7.37. The van der Waals surface area contributed by atoms with Crippen LogP contribution in [-0.2, 0) is 4.74 Å². The van der Waals surface area contributed by atoms with Crippen molar-refractivity contribution < 1.29 is 9.53 Å². The molecule has 0 fully saturated rings. The summed E-state index contributed by atoms with van der Waals surface area (Å²) in [4.78, 5) is 16.0. The van der Waals surface area contributed by atoms with E-state index in [2.05, 4.69) is 19.8 Å². The van der Waals surface area contributed by atoms with E-state index in [1.54, 1.807) is 5.51 Å². The van der Waals surface area contributed by atoms with Crippen LogP contribution in [0, 0.1) is 0 Å². The zero-order valence-electron chi connectivity index (χ0n) is 10.6. The van der Waals surface area contributed by atoms with Crippen LogP contribution in [0.4, 0.5) is 11.5 Å². The maximum absolute atomic E-state index is 11.5. The summed E-state index contributed by atoms with van der Waals surface area (Å²) in [6.07, 6.45) is 0. The average Bonchev–Trinajstić information content (AvgIpc) is 2.93. The Kier molecular flexibility index (Phi) is 5.51. The molecule has 8 heteroatoms. The minimum Gasteiger partial charge on any atom is -0.465 e. The number of carbonyl (C=O) groups excluding carboxylic acids is 1. The first kappa shape index (κ1) is 15.0. The topological polar surface area (TPSA) is 63.2 Å². The molecule has 5 nitrogen and oxygen atoms in total. The number of benzene rings is 1. The summed E-state index contributed by atoms with van der Waals surface area (Å²) < 4.78 is 7.69. The van der Waals surface area contributed by atoms with Crippen LogP contribution in [0.15, 0.2) is 29.8 Å². The predicted molar refractivity (Wildman–Crippen MR) is 84.6 cm³/mol. The van der Waals surface area contributed by atoms with E-state index in [9.17, 15) is 4.79 Å². The molecule has 0 bridgehead atoms. The number of rotatable bonds is 6.